The summed E-state index contributed by atoms with van der Waals surface area (Å²) in [5, 5.41) is 1.45. The molecule has 0 spiro atoms. The van der Waals surface area contributed by atoms with Crippen LogP contribution in [0.15, 0.2) is 91.0 Å². The summed E-state index contributed by atoms with van der Waals surface area (Å²) in [6, 6.07) is 23.1. The molecule has 5 atom stereocenters. The molecule has 0 aromatic heterocycles. The molecule has 10 nitrogen and oxygen atoms in total. The molecular formula is C30H25BrCl3NO9. The van der Waals surface area contributed by atoms with Gasteiger partial charge >= 0.3 is 24.0 Å². The van der Waals surface area contributed by atoms with Crippen LogP contribution in [0.4, 0.5) is 4.79 Å². The first-order valence-electron chi connectivity index (χ1n) is 13.1. The second-order valence-corrected chi connectivity index (χ2v) is 12.7. The summed E-state index contributed by atoms with van der Waals surface area (Å²) in [4.78, 5) is 52.0. The molecule has 0 bridgehead atoms. The number of ether oxygens (including phenoxy) is 5. The highest BCUT2D eigenvalue weighted by atomic mass is 79.9. The van der Waals surface area contributed by atoms with Crippen LogP contribution in [0.2, 0.25) is 0 Å². The lowest BCUT2D eigenvalue weighted by molar-refractivity contribution is -0.172. The zero-order valence-corrected chi connectivity index (χ0v) is 26.5. The van der Waals surface area contributed by atoms with Crippen molar-refractivity contribution in [2.45, 2.75) is 33.2 Å². The predicted octanol–water partition coefficient (Wildman–Crippen LogP) is 5.88. The lowest BCUT2D eigenvalue weighted by Crippen LogP contribution is -2.65. The van der Waals surface area contributed by atoms with Gasteiger partial charge in [0.25, 0.3) is 0 Å². The van der Waals surface area contributed by atoms with Crippen molar-refractivity contribution in [3.8, 4) is 0 Å². The van der Waals surface area contributed by atoms with E-state index in [2.05, 4.69) is 21.2 Å². The van der Waals surface area contributed by atoms with Gasteiger partial charge in [-0.05, 0) is 36.4 Å². The van der Waals surface area contributed by atoms with E-state index in [1.165, 1.54) is 24.3 Å². The minimum Gasteiger partial charge on any atom is -0.459 e. The van der Waals surface area contributed by atoms with E-state index in [0.717, 1.165) is 0 Å². The highest BCUT2D eigenvalue weighted by Gasteiger charge is 2.51. The fraction of sp³-hybridized carbons (Fsp3) is 0.267. The van der Waals surface area contributed by atoms with Gasteiger partial charge in [0.15, 0.2) is 12.2 Å². The van der Waals surface area contributed by atoms with Gasteiger partial charge in [0.05, 0.1) is 16.7 Å². The minimum atomic E-state index is -1.89. The smallest absolute Gasteiger partial charge is 0.407 e. The van der Waals surface area contributed by atoms with Gasteiger partial charge in [0.2, 0.25) is 3.79 Å². The molecule has 1 N–H and O–H groups in total. The Balaban J connectivity index is 1.65. The number of hydrogen-bond acceptors (Lipinski definition) is 9. The van der Waals surface area contributed by atoms with Crippen LogP contribution in [0, 0.1) is 0 Å². The summed E-state index contributed by atoms with van der Waals surface area (Å²) >= 11 is 20.4. The van der Waals surface area contributed by atoms with Gasteiger partial charge in [-0.2, -0.15) is 0 Å². The average Bonchev–Trinajstić information content (AvgIpc) is 3.02. The van der Waals surface area contributed by atoms with Crippen LogP contribution in [0.25, 0.3) is 0 Å². The number of carbonyl (C=O) groups is 4. The lowest BCUT2D eigenvalue weighted by atomic mass is 9.97. The summed E-state index contributed by atoms with van der Waals surface area (Å²) in [6.45, 7) is -1.00. The molecule has 1 aliphatic heterocycles. The number of halogens is 4. The summed E-state index contributed by atoms with van der Waals surface area (Å²) < 4.78 is 26.3. The zero-order valence-electron chi connectivity index (χ0n) is 22.6. The van der Waals surface area contributed by atoms with Crippen molar-refractivity contribution < 1.29 is 42.9 Å². The van der Waals surface area contributed by atoms with Crippen LogP contribution in [0.3, 0.4) is 0 Å². The van der Waals surface area contributed by atoms with Gasteiger partial charge in [-0.25, -0.2) is 19.2 Å². The molecule has 1 aliphatic rings. The number of esters is 3. The quantitative estimate of drug-likeness (QED) is 0.163. The molecule has 4 rings (SSSR count). The number of carbonyl (C=O) groups excluding carboxylic acids is 4. The number of nitrogens with one attached hydrogen (secondary N) is 1. The predicted molar refractivity (Wildman–Crippen MR) is 164 cm³/mol. The molecule has 3 aromatic rings. The first-order valence-corrected chi connectivity index (χ1v) is 15.1. The van der Waals surface area contributed by atoms with E-state index < -0.39 is 70.4 Å². The third-order valence-corrected chi connectivity index (χ3v) is 7.29. The van der Waals surface area contributed by atoms with Crippen LogP contribution < -0.4 is 5.32 Å². The summed E-state index contributed by atoms with van der Waals surface area (Å²) in [6.07, 6.45) is -5.00. The van der Waals surface area contributed by atoms with Gasteiger partial charge in [-0.3, -0.25) is 0 Å². The van der Waals surface area contributed by atoms with E-state index >= 15 is 0 Å². The lowest BCUT2D eigenvalue weighted by Gasteiger charge is -2.43. The topological polar surface area (TPSA) is 126 Å². The fourth-order valence-corrected chi connectivity index (χ4v) is 5.01. The molecular weight excluding hydrogens is 705 g/mol. The Kier molecular flexibility index (Phi) is 11.9. The Labute approximate surface area is 275 Å². The summed E-state index contributed by atoms with van der Waals surface area (Å²) in [5.74, 6) is -2.24. The Morgan fingerprint density at radius 3 is 1.64 bits per heavy atom. The highest BCUT2D eigenvalue weighted by Crippen LogP contribution is 2.31. The zero-order chi connectivity index (χ0) is 31.7. The monoisotopic (exact) mass is 727 g/mol. The molecule has 1 fully saturated rings. The van der Waals surface area contributed by atoms with Crippen molar-refractivity contribution in [3.05, 3.63) is 108 Å². The fourth-order valence-electron chi connectivity index (χ4n) is 4.13. The maximum atomic E-state index is 13.3. The third kappa shape index (κ3) is 9.57. The SMILES string of the molecule is O=C(NC1C(Br)OC(COC(=O)c2ccccc2)C(OC(=O)c2ccccc2)C1OC(=O)c1ccccc1)OCC(Cl)(Cl)Cl. The van der Waals surface area contributed by atoms with E-state index in [0.29, 0.717) is 0 Å². The van der Waals surface area contributed by atoms with Crippen molar-refractivity contribution in [2.75, 3.05) is 13.2 Å². The maximum absolute atomic E-state index is 13.3. The average molecular weight is 730 g/mol. The number of alkyl carbamates (subject to hydrolysis) is 1. The Hall–Kier alpha value is -3.35. The summed E-state index contributed by atoms with van der Waals surface area (Å²) in [5.41, 5.74) is 0.649. The first kappa shape index (κ1) is 33.5. The van der Waals surface area contributed by atoms with Crippen molar-refractivity contribution in [2.24, 2.45) is 0 Å². The number of rotatable bonds is 9. The van der Waals surface area contributed by atoms with Crippen LogP contribution in [-0.2, 0) is 23.7 Å². The van der Waals surface area contributed by atoms with Gasteiger partial charge in [-0.1, -0.05) is 105 Å². The number of amides is 1. The molecule has 3 aromatic carbocycles. The number of alkyl halides is 4. The molecule has 5 unspecified atom stereocenters. The van der Waals surface area contributed by atoms with E-state index in [-0.39, 0.29) is 16.7 Å². The van der Waals surface area contributed by atoms with Crippen molar-refractivity contribution in [1.82, 2.24) is 5.32 Å². The molecule has 232 valence electrons. The van der Waals surface area contributed by atoms with Gasteiger partial charge in [0, 0.05) is 0 Å². The maximum Gasteiger partial charge on any atom is 0.407 e. The summed E-state index contributed by atoms with van der Waals surface area (Å²) in [7, 11) is 0. The van der Waals surface area contributed by atoms with Crippen LogP contribution >= 0.6 is 50.7 Å². The van der Waals surface area contributed by atoms with E-state index in [4.69, 9.17) is 58.5 Å². The second-order valence-electron chi connectivity index (χ2n) is 9.32. The molecule has 1 amide bonds. The molecule has 1 saturated heterocycles. The van der Waals surface area contributed by atoms with Crippen molar-refractivity contribution in [1.29, 1.82) is 0 Å². The second kappa shape index (κ2) is 15.6. The Bertz CT molecular complexity index is 1430. The van der Waals surface area contributed by atoms with Crippen molar-refractivity contribution >= 4 is 74.7 Å². The van der Waals surface area contributed by atoms with Gasteiger partial charge < -0.3 is 29.0 Å². The minimum absolute atomic E-state index is 0.183. The Morgan fingerprint density at radius 2 is 1.16 bits per heavy atom. The molecule has 44 heavy (non-hydrogen) atoms. The highest BCUT2D eigenvalue weighted by molar-refractivity contribution is 9.09. The largest absolute Gasteiger partial charge is 0.459 e. The van der Waals surface area contributed by atoms with Crippen LogP contribution in [0.5, 0.6) is 0 Å². The first-order chi connectivity index (χ1) is 21.0. The molecule has 0 aliphatic carbocycles. The number of hydrogen-bond donors (Lipinski definition) is 1. The standard InChI is InChI=1S/C30H25BrCl3NO9/c31-25-22(35-29(39)41-17-30(32,33)34)24(44-28(38)20-14-8-3-9-15-20)23(43-27(37)19-12-6-2-7-13-19)21(42-25)16-40-26(36)18-10-4-1-5-11-18/h1-15,21-25H,16-17H2,(H,35,39). The van der Waals surface area contributed by atoms with Crippen LogP contribution in [-0.4, -0.2) is 70.4 Å². The van der Waals surface area contributed by atoms with Gasteiger partial charge in [0.1, 0.15) is 30.4 Å². The van der Waals surface area contributed by atoms with E-state index in [1.54, 1.807) is 66.7 Å². The molecule has 1 heterocycles. The third-order valence-electron chi connectivity index (χ3n) is 6.18. The van der Waals surface area contributed by atoms with Crippen molar-refractivity contribution in [3.63, 3.8) is 0 Å². The Morgan fingerprint density at radius 1 is 0.705 bits per heavy atom. The molecule has 0 saturated carbocycles. The molecule has 14 heteroatoms. The van der Waals surface area contributed by atoms with E-state index in [9.17, 15) is 19.2 Å². The number of benzene rings is 3. The van der Waals surface area contributed by atoms with Crippen LogP contribution in [0.1, 0.15) is 31.1 Å². The normalized spacial score (nSPS) is 21.4. The van der Waals surface area contributed by atoms with Gasteiger partial charge in [-0.15, -0.1) is 0 Å². The molecule has 0 radical (unpaired) electrons. The van der Waals surface area contributed by atoms with E-state index in [1.807, 2.05) is 0 Å².